The molecule has 1 amide bonds. The molecule has 0 saturated heterocycles. The molecule has 0 radical (unpaired) electrons. The first-order valence-corrected chi connectivity index (χ1v) is 7.10. The van der Waals surface area contributed by atoms with Crippen molar-refractivity contribution in [3.63, 3.8) is 0 Å². The Morgan fingerprint density at radius 2 is 2.11 bits per heavy atom. The fourth-order valence-electron chi connectivity index (χ4n) is 2.16. The summed E-state index contributed by atoms with van der Waals surface area (Å²) in [5.41, 5.74) is 0.269. The largest absolute Gasteiger partial charge is 0.350 e. The Labute approximate surface area is 114 Å². The van der Waals surface area contributed by atoms with E-state index in [4.69, 9.17) is 0 Å². The van der Waals surface area contributed by atoms with E-state index in [1.807, 2.05) is 0 Å². The monoisotopic (exact) mass is 314 g/mol. The van der Waals surface area contributed by atoms with E-state index in [0.29, 0.717) is 17.3 Å². The highest BCUT2D eigenvalue weighted by atomic mass is 79.9. The number of amides is 1. The lowest BCUT2D eigenvalue weighted by Crippen LogP contribution is -2.31. The highest BCUT2D eigenvalue weighted by Crippen LogP contribution is 2.28. The van der Waals surface area contributed by atoms with E-state index in [1.54, 1.807) is 0 Å². The molecule has 1 aliphatic carbocycles. The molecule has 1 N–H and O–H groups in total. The van der Waals surface area contributed by atoms with Crippen LogP contribution in [0.25, 0.3) is 0 Å². The highest BCUT2D eigenvalue weighted by molar-refractivity contribution is 9.09. The molecular formula is C13H16BrFN2O. The molecule has 0 atom stereocenters. The summed E-state index contributed by atoms with van der Waals surface area (Å²) in [5, 5.41) is 2.86. The van der Waals surface area contributed by atoms with Gasteiger partial charge in [-0.05, 0) is 43.7 Å². The molecule has 3 nitrogen and oxygen atoms in total. The standard InChI is InChI=1S/C13H16BrFN2O/c14-10-3-1-9(2-4-10)7-17-13(18)12-6-5-11(15)8-16-12/h5-6,8-10H,1-4,7H2,(H,17,18). The predicted molar refractivity (Wildman–Crippen MR) is 71.2 cm³/mol. The first-order valence-electron chi connectivity index (χ1n) is 6.19. The zero-order chi connectivity index (χ0) is 13.0. The van der Waals surface area contributed by atoms with Crippen molar-refractivity contribution in [3.8, 4) is 0 Å². The van der Waals surface area contributed by atoms with E-state index in [-0.39, 0.29) is 11.6 Å². The molecular weight excluding hydrogens is 299 g/mol. The normalized spacial score (nSPS) is 23.7. The summed E-state index contributed by atoms with van der Waals surface area (Å²) in [6, 6.07) is 2.65. The smallest absolute Gasteiger partial charge is 0.269 e. The van der Waals surface area contributed by atoms with Crippen LogP contribution < -0.4 is 5.32 Å². The van der Waals surface area contributed by atoms with Gasteiger partial charge < -0.3 is 5.32 Å². The number of hydrogen-bond acceptors (Lipinski definition) is 2. The van der Waals surface area contributed by atoms with Crippen LogP contribution in [-0.4, -0.2) is 22.3 Å². The summed E-state index contributed by atoms with van der Waals surface area (Å²) >= 11 is 3.61. The van der Waals surface area contributed by atoms with Crippen molar-refractivity contribution >= 4 is 21.8 Å². The zero-order valence-electron chi connectivity index (χ0n) is 10.0. The van der Waals surface area contributed by atoms with Crippen molar-refractivity contribution < 1.29 is 9.18 Å². The second-order valence-electron chi connectivity index (χ2n) is 4.69. The maximum absolute atomic E-state index is 12.7. The number of nitrogens with one attached hydrogen (secondary N) is 1. The van der Waals surface area contributed by atoms with Gasteiger partial charge >= 0.3 is 0 Å². The molecule has 0 aliphatic heterocycles. The average molecular weight is 315 g/mol. The van der Waals surface area contributed by atoms with Gasteiger partial charge in [-0.1, -0.05) is 15.9 Å². The van der Waals surface area contributed by atoms with Gasteiger partial charge in [-0.25, -0.2) is 9.37 Å². The Bertz CT molecular complexity index is 402. The maximum atomic E-state index is 12.7. The van der Waals surface area contributed by atoms with Gasteiger partial charge in [0.1, 0.15) is 11.5 Å². The van der Waals surface area contributed by atoms with E-state index < -0.39 is 5.82 Å². The summed E-state index contributed by atoms with van der Waals surface area (Å²) in [7, 11) is 0. The van der Waals surface area contributed by atoms with Gasteiger partial charge in [0, 0.05) is 11.4 Å². The number of aromatic nitrogens is 1. The summed E-state index contributed by atoms with van der Waals surface area (Å²) in [6.45, 7) is 0.678. The molecule has 1 heterocycles. The van der Waals surface area contributed by atoms with Crippen LogP contribution in [0.2, 0.25) is 0 Å². The minimum Gasteiger partial charge on any atom is -0.350 e. The van der Waals surface area contributed by atoms with Crippen molar-refractivity contribution in [2.75, 3.05) is 6.54 Å². The van der Waals surface area contributed by atoms with Crippen LogP contribution in [0, 0.1) is 11.7 Å². The second-order valence-corrected chi connectivity index (χ2v) is 5.98. The van der Waals surface area contributed by atoms with Gasteiger partial charge in [-0.3, -0.25) is 4.79 Å². The van der Waals surface area contributed by atoms with Crippen LogP contribution in [0.4, 0.5) is 4.39 Å². The number of alkyl halides is 1. The number of nitrogens with zero attached hydrogens (tertiary/aromatic N) is 1. The molecule has 0 aromatic carbocycles. The number of carbonyl (C=O) groups is 1. The number of halogens is 2. The zero-order valence-corrected chi connectivity index (χ0v) is 11.6. The Morgan fingerprint density at radius 3 is 2.72 bits per heavy atom. The topological polar surface area (TPSA) is 42.0 Å². The third-order valence-electron chi connectivity index (χ3n) is 3.29. The first kappa shape index (κ1) is 13.5. The predicted octanol–water partition coefficient (Wildman–Crippen LogP) is 2.90. The van der Waals surface area contributed by atoms with Crippen LogP contribution in [0.1, 0.15) is 36.2 Å². The molecule has 1 saturated carbocycles. The van der Waals surface area contributed by atoms with Gasteiger partial charge in [0.15, 0.2) is 0 Å². The van der Waals surface area contributed by atoms with E-state index in [2.05, 4.69) is 26.2 Å². The van der Waals surface area contributed by atoms with E-state index >= 15 is 0 Å². The van der Waals surface area contributed by atoms with Gasteiger partial charge in [0.05, 0.1) is 6.20 Å². The average Bonchev–Trinajstić information content (AvgIpc) is 2.38. The first-order chi connectivity index (χ1) is 8.65. The Kier molecular flexibility index (Phi) is 4.69. The van der Waals surface area contributed by atoms with Crippen LogP contribution in [0.15, 0.2) is 18.3 Å². The molecule has 1 aliphatic rings. The van der Waals surface area contributed by atoms with E-state index in [0.717, 1.165) is 31.9 Å². The van der Waals surface area contributed by atoms with E-state index in [9.17, 15) is 9.18 Å². The lowest BCUT2D eigenvalue weighted by molar-refractivity contribution is 0.0939. The van der Waals surface area contributed by atoms with Gasteiger partial charge in [0.2, 0.25) is 0 Å². The molecule has 1 aromatic rings. The SMILES string of the molecule is O=C(NCC1CCC(Br)CC1)c1ccc(F)cn1. The summed E-state index contributed by atoms with van der Waals surface area (Å²) in [5.74, 6) is -0.110. The summed E-state index contributed by atoms with van der Waals surface area (Å²) < 4.78 is 12.7. The quantitative estimate of drug-likeness (QED) is 0.872. The van der Waals surface area contributed by atoms with Crippen molar-refractivity contribution in [2.24, 2.45) is 5.92 Å². The lowest BCUT2D eigenvalue weighted by atomic mass is 9.89. The van der Waals surface area contributed by atoms with Crippen LogP contribution >= 0.6 is 15.9 Å². The molecule has 18 heavy (non-hydrogen) atoms. The van der Waals surface area contributed by atoms with Crippen molar-refractivity contribution in [1.82, 2.24) is 10.3 Å². The molecule has 2 rings (SSSR count). The van der Waals surface area contributed by atoms with Gasteiger partial charge in [-0.15, -0.1) is 0 Å². The van der Waals surface area contributed by atoms with Crippen LogP contribution in [0.3, 0.4) is 0 Å². The van der Waals surface area contributed by atoms with Crippen molar-refractivity contribution in [1.29, 1.82) is 0 Å². The van der Waals surface area contributed by atoms with Crippen molar-refractivity contribution in [2.45, 2.75) is 30.5 Å². The minimum atomic E-state index is -0.429. The molecule has 0 unspecified atom stereocenters. The Morgan fingerprint density at radius 1 is 1.39 bits per heavy atom. The van der Waals surface area contributed by atoms with Crippen LogP contribution in [0.5, 0.6) is 0 Å². The molecule has 0 spiro atoms. The van der Waals surface area contributed by atoms with Gasteiger partial charge in [-0.2, -0.15) is 0 Å². The van der Waals surface area contributed by atoms with Gasteiger partial charge in [0.25, 0.3) is 5.91 Å². The Balaban J connectivity index is 1.79. The molecule has 5 heteroatoms. The maximum Gasteiger partial charge on any atom is 0.269 e. The summed E-state index contributed by atoms with van der Waals surface area (Å²) in [4.78, 5) is 16.1. The molecule has 1 aromatic heterocycles. The third kappa shape index (κ3) is 3.77. The highest BCUT2D eigenvalue weighted by Gasteiger charge is 2.19. The number of hydrogen-bond donors (Lipinski definition) is 1. The van der Waals surface area contributed by atoms with E-state index in [1.165, 1.54) is 12.1 Å². The Hall–Kier alpha value is -0.970. The van der Waals surface area contributed by atoms with Crippen LogP contribution in [-0.2, 0) is 0 Å². The number of carbonyl (C=O) groups excluding carboxylic acids is 1. The fraction of sp³-hybridized carbons (Fsp3) is 0.538. The second kappa shape index (κ2) is 6.27. The number of pyridine rings is 1. The third-order valence-corrected chi connectivity index (χ3v) is 4.20. The van der Waals surface area contributed by atoms with Crippen molar-refractivity contribution in [3.05, 3.63) is 29.8 Å². The molecule has 98 valence electrons. The molecule has 1 fully saturated rings. The minimum absolute atomic E-state index is 0.226. The fourth-order valence-corrected chi connectivity index (χ4v) is 2.69. The molecule has 0 bridgehead atoms. The summed E-state index contributed by atoms with van der Waals surface area (Å²) in [6.07, 6.45) is 5.65. The lowest BCUT2D eigenvalue weighted by Gasteiger charge is -2.25. The number of rotatable bonds is 3.